The van der Waals surface area contributed by atoms with Gasteiger partial charge in [-0.25, -0.2) is 0 Å². The normalized spacial score (nSPS) is 23.1. The number of aliphatic carboxylic acids is 1. The highest BCUT2D eigenvalue weighted by Gasteiger charge is 2.40. The Balaban J connectivity index is 1.32. The van der Waals surface area contributed by atoms with E-state index in [9.17, 15) is 9.90 Å². The van der Waals surface area contributed by atoms with Gasteiger partial charge in [0.15, 0.2) is 0 Å². The molecular formula is C31H44N2O2. The highest BCUT2D eigenvalue weighted by Crippen LogP contribution is 2.36. The summed E-state index contributed by atoms with van der Waals surface area (Å²) in [7, 11) is 0. The Morgan fingerprint density at radius 1 is 0.971 bits per heavy atom. The lowest BCUT2D eigenvalue weighted by Crippen LogP contribution is -2.42. The highest BCUT2D eigenvalue weighted by atomic mass is 16.4. The number of hydrogen-bond acceptors (Lipinski definition) is 3. The first-order valence-corrected chi connectivity index (χ1v) is 13.8. The number of rotatable bonds is 11. The van der Waals surface area contributed by atoms with Crippen LogP contribution in [-0.2, 0) is 11.2 Å². The summed E-state index contributed by atoms with van der Waals surface area (Å²) in [6.45, 7) is 9.45. The van der Waals surface area contributed by atoms with E-state index in [-0.39, 0.29) is 6.04 Å². The van der Waals surface area contributed by atoms with E-state index in [4.69, 9.17) is 0 Å². The minimum Gasteiger partial charge on any atom is -0.480 e. The number of piperidine rings is 1. The van der Waals surface area contributed by atoms with Gasteiger partial charge in [-0.1, -0.05) is 80.9 Å². The molecule has 4 heteroatoms. The van der Waals surface area contributed by atoms with Crippen molar-refractivity contribution in [3.05, 3.63) is 71.8 Å². The fourth-order valence-corrected chi connectivity index (χ4v) is 6.30. The minimum atomic E-state index is -0.664. The summed E-state index contributed by atoms with van der Waals surface area (Å²) in [5, 5.41) is 9.97. The van der Waals surface area contributed by atoms with Gasteiger partial charge >= 0.3 is 5.97 Å². The first kappa shape index (κ1) is 25.9. The molecule has 190 valence electrons. The van der Waals surface area contributed by atoms with E-state index < -0.39 is 5.97 Å². The van der Waals surface area contributed by atoms with Crippen LogP contribution in [0.3, 0.4) is 0 Å². The molecule has 2 heterocycles. The molecule has 0 bridgehead atoms. The molecule has 35 heavy (non-hydrogen) atoms. The Morgan fingerprint density at radius 3 is 2.26 bits per heavy atom. The lowest BCUT2D eigenvalue weighted by Gasteiger charge is -2.35. The third-order valence-electron chi connectivity index (χ3n) is 8.24. The molecule has 2 aromatic rings. The smallest absolute Gasteiger partial charge is 0.320 e. The van der Waals surface area contributed by atoms with Gasteiger partial charge in [-0.15, -0.1) is 0 Å². The lowest BCUT2D eigenvalue weighted by atomic mass is 9.87. The minimum absolute atomic E-state index is 0.374. The number of likely N-dealkylation sites (tertiary alicyclic amines) is 2. The van der Waals surface area contributed by atoms with Crippen LogP contribution in [0.5, 0.6) is 0 Å². The van der Waals surface area contributed by atoms with Crippen molar-refractivity contribution in [2.45, 2.75) is 64.3 Å². The van der Waals surface area contributed by atoms with Gasteiger partial charge in [-0.05, 0) is 74.1 Å². The van der Waals surface area contributed by atoms with Crippen LogP contribution in [0, 0.1) is 17.8 Å². The van der Waals surface area contributed by atoms with Crippen LogP contribution >= 0.6 is 0 Å². The molecule has 2 fully saturated rings. The van der Waals surface area contributed by atoms with Gasteiger partial charge in [-0.3, -0.25) is 9.69 Å². The highest BCUT2D eigenvalue weighted by molar-refractivity contribution is 5.73. The molecule has 0 unspecified atom stereocenters. The fourth-order valence-electron chi connectivity index (χ4n) is 6.30. The number of carbonyl (C=O) groups is 1. The fraction of sp³-hybridized carbons (Fsp3) is 0.581. The zero-order chi connectivity index (χ0) is 24.6. The largest absolute Gasteiger partial charge is 0.480 e. The zero-order valence-electron chi connectivity index (χ0n) is 21.7. The molecule has 0 aliphatic carbocycles. The van der Waals surface area contributed by atoms with Gasteiger partial charge < -0.3 is 10.0 Å². The van der Waals surface area contributed by atoms with Gasteiger partial charge in [0.2, 0.25) is 0 Å². The zero-order valence-corrected chi connectivity index (χ0v) is 21.7. The maximum absolute atomic E-state index is 12.1. The van der Waals surface area contributed by atoms with E-state index in [0.717, 1.165) is 32.0 Å². The standard InChI is InChI=1S/C31H44N2O2/c1-24(2)20-30(31(34)35)33-22-28(29(23-33)27-14-7-4-8-15-27)21-32-18-16-26(17-19-32)13-9-12-25-10-5-3-6-11-25/h3-8,10-11,14-15,24,26,28-30H,9,12-13,16-23H2,1-2H3,(H,34,35)/t28-,29+,30-/m0/s1. The predicted molar refractivity (Wildman–Crippen MR) is 144 cm³/mol. The summed E-state index contributed by atoms with van der Waals surface area (Å²) in [5.41, 5.74) is 2.82. The van der Waals surface area contributed by atoms with Gasteiger partial charge in [0, 0.05) is 25.6 Å². The second kappa shape index (κ2) is 12.7. The van der Waals surface area contributed by atoms with Gasteiger partial charge in [0.1, 0.15) is 6.04 Å². The van der Waals surface area contributed by atoms with E-state index in [1.165, 1.54) is 56.3 Å². The maximum atomic E-state index is 12.1. The van der Waals surface area contributed by atoms with Crippen molar-refractivity contribution in [2.75, 3.05) is 32.7 Å². The summed E-state index contributed by atoms with van der Waals surface area (Å²) in [6.07, 6.45) is 7.13. The molecule has 0 spiro atoms. The summed E-state index contributed by atoms with van der Waals surface area (Å²) in [5.74, 6) is 1.46. The van der Waals surface area contributed by atoms with E-state index >= 15 is 0 Å². The van der Waals surface area contributed by atoms with Crippen molar-refractivity contribution in [3.8, 4) is 0 Å². The van der Waals surface area contributed by atoms with Crippen molar-refractivity contribution >= 4 is 5.97 Å². The topological polar surface area (TPSA) is 43.8 Å². The first-order chi connectivity index (χ1) is 17.0. The Morgan fingerprint density at radius 2 is 1.63 bits per heavy atom. The van der Waals surface area contributed by atoms with Gasteiger partial charge in [0.05, 0.1) is 0 Å². The number of carboxylic acid groups (broad SMARTS) is 1. The third kappa shape index (κ3) is 7.41. The lowest BCUT2D eigenvalue weighted by molar-refractivity contribution is -0.143. The van der Waals surface area contributed by atoms with Crippen LogP contribution in [0.4, 0.5) is 0 Å². The summed E-state index contributed by atoms with van der Waals surface area (Å²) >= 11 is 0. The monoisotopic (exact) mass is 476 g/mol. The van der Waals surface area contributed by atoms with Crippen LogP contribution in [0.2, 0.25) is 0 Å². The van der Waals surface area contributed by atoms with Gasteiger partial charge in [0.25, 0.3) is 0 Å². The van der Waals surface area contributed by atoms with Crippen molar-refractivity contribution < 1.29 is 9.90 Å². The van der Waals surface area contributed by atoms with Crippen LogP contribution in [0.15, 0.2) is 60.7 Å². The van der Waals surface area contributed by atoms with E-state index in [1.807, 2.05) is 0 Å². The number of hydrogen-bond donors (Lipinski definition) is 1. The molecule has 2 aliphatic heterocycles. The molecule has 4 nitrogen and oxygen atoms in total. The molecule has 0 amide bonds. The SMILES string of the molecule is CC(C)C[C@@H](C(=O)O)N1C[C@H](CN2CCC(CCCc3ccccc3)CC2)[C@@H](c2ccccc2)C1. The Labute approximate surface area is 212 Å². The number of benzene rings is 2. The molecule has 2 aromatic carbocycles. The molecule has 0 saturated carbocycles. The predicted octanol–water partition coefficient (Wildman–Crippen LogP) is 5.94. The van der Waals surface area contributed by atoms with Crippen molar-refractivity contribution in [2.24, 2.45) is 17.8 Å². The summed E-state index contributed by atoms with van der Waals surface area (Å²) in [6, 6.07) is 21.3. The van der Waals surface area contributed by atoms with E-state index in [2.05, 4.69) is 84.3 Å². The van der Waals surface area contributed by atoms with Crippen molar-refractivity contribution in [1.82, 2.24) is 9.80 Å². The number of aryl methyl sites for hydroxylation is 1. The van der Waals surface area contributed by atoms with Crippen LogP contribution in [-0.4, -0.2) is 59.6 Å². The van der Waals surface area contributed by atoms with Crippen molar-refractivity contribution in [1.29, 1.82) is 0 Å². The van der Waals surface area contributed by atoms with Gasteiger partial charge in [-0.2, -0.15) is 0 Å². The maximum Gasteiger partial charge on any atom is 0.320 e. The second-order valence-corrected chi connectivity index (χ2v) is 11.3. The van der Waals surface area contributed by atoms with Crippen LogP contribution < -0.4 is 0 Å². The number of carboxylic acids is 1. The molecule has 0 radical (unpaired) electrons. The first-order valence-electron chi connectivity index (χ1n) is 13.8. The average Bonchev–Trinajstić information content (AvgIpc) is 3.28. The van der Waals surface area contributed by atoms with E-state index in [1.54, 1.807) is 0 Å². The Bertz CT molecular complexity index is 893. The molecule has 2 aliphatic rings. The summed E-state index contributed by atoms with van der Waals surface area (Å²) < 4.78 is 0. The third-order valence-corrected chi connectivity index (χ3v) is 8.24. The van der Waals surface area contributed by atoms with Crippen LogP contribution in [0.25, 0.3) is 0 Å². The Kier molecular flexibility index (Phi) is 9.39. The van der Waals surface area contributed by atoms with Crippen molar-refractivity contribution in [3.63, 3.8) is 0 Å². The Hall–Kier alpha value is -2.17. The quantitative estimate of drug-likeness (QED) is 0.436. The average molecular weight is 477 g/mol. The second-order valence-electron chi connectivity index (χ2n) is 11.3. The molecule has 1 N–H and O–H groups in total. The molecule has 4 rings (SSSR count). The molecule has 3 atom stereocenters. The number of nitrogens with zero attached hydrogens (tertiary/aromatic N) is 2. The molecule has 2 saturated heterocycles. The molecule has 0 aromatic heterocycles. The molecular weight excluding hydrogens is 432 g/mol. The van der Waals surface area contributed by atoms with E-state index in [0.29, 0.717) is 17.8 Å². The van der Waals surface area contributed by atoms with Crippen LogP contribution in [0.1, 0.15) is 63.0 Å². The summed E-state index contributed by atoms with van der Waals surface area (Å²) in [4.78, 5) is 17.1.